The van der Waals surface area contributed by atoms with E-state index in [1.165, 1.54) is 0 Å². The van der Waals surface area contributed by atoms with Crippen molar-refractivity contribution in [2.75, 3.05) is 18.5 Å². The average Bonchev–Trinajstić information content (AvgIpc) is 2.93. The number of amides is 1. The summed E-state index contributed by atoms with van der Waals surface area (Å²) >= 11 is 0. The molecule has 5 heteroatoms. The number of anilines is 1. The summed E-state index contributed by atoms with van der Waals surface area (Å²) in [5, 5.41) is 2.78. The van der Waals surface area contributed by atoms with E-state index in [0.717, 1.165) is 19.4 Å². The molecule has 20 heavy (non-hydrogen) atoms. The van der Waals surface area contributed by atoms with E-state index in [9.17, 15) is 4.79 Å². The van der Waals surface area contributed by atoms with Gasteiger partial charge in [0.2, 0.25) is 0 Å². The zero-order chi connectivity index (χ0) is 14.4. The van der Waals surface area contributed by atoms with Crippen LogP contribution in [0.4, 0.5) is 5.82 Å². The Morgan fingerprint density at radius 3 is 3.00 bits per heavy atom. The van der Waals surface area contributed by atoms with Gasteiger partial charge in [-0.3, -0.25) is 4.79 Å². The van der Waals surface area contributed by atoms with Gasteiger partial charge in [-0.15, -0.1) is 0 Å². The Hall–Kier alpha value is -1.46. The normalized spacial score (nSPS) is 20.1. The maximum absolute atomic E-state index is 12.2. The van der Waals surface area contributed by atoms with Gasteiger partial charge < -0.3 is 14.8 Å². The molecule has 1 N–H and O–H groups in total. The molecule has 1 aromatic heterocycles. The average molecular weight is 278 g/mol. The number of carbonyl (C=O) groups excluding carboxylic acids is 1. The van der Waals surface area contributed by atoms with Crippen LogP contribution in [0.5, 0.6) is 0 Å². The van der Waals surface area contributed by atoms with Gasteiger partial charge in [0.25, 0.3) is 5.91 Å². The fourth-order valence-corrected chi connectivity index (χ4v) is 2.19. The Kier molecular flexibility index (Phi) is 5.49. The molecule has 1 aromatic rings. The smallest absolute Gasteiger partial charge is 0.254 e. The molecule has 5 nitrogen and oxygen atoms in total. The van der Waals surface area contributed by atoms with Gasteiger partial charge in [0.15, 0.2) is 0 Å². The molecule has 0 radical (unpaired) electrons. The molecule has 0 saturated carbocycles. The second kappa shape index (κ2) is 7.36. The lowest BCUT2D eigenvalue weighted by atomic mass is 10.1. The van der Waals surface area contributed by atoms with Gasteiger partial charge in [0.1, 0.15) is 11.9 Å². The van der Waals surface area contributed by atoms with Crippen molar-refractivity contribution in [1.82, 2.24) is 4.98 Å². The van der Waals surface area contributed by atoms with Crippen LogP contribution in [-0.2, 0) is 14.3 Å². The van der Waals surface area contributed by atoms with Crippen LogP contribution in [-0.4, -0.2) is 36.3 Å². The third kappa shape index (κ3) is 4.28. The molecule has 0 spiro atoms. The minimum atomic E-state index is -0.485. The first kappa shape index (κ1) is 14.9. The summed E-state index contributed by atoms with van der Waals surface area (Å²) < 4.78 is 11.3. The number of rotatable bonds is 6. The Balaban J connectivity index is 1.88. The van der Waals surface area contributed by atoms with Crippen LogP contribution in [0.1, 0.15) is 26.7 Å². The predicted octanol–water partition coefficient (Wildman–Crippen LogP) is 2.24. The highest BCUT2D eigenvalue weighted by Gasteiger charge is 2.26. The van der Waals surface area contributed by atoms with Gasteiger partial charge in [0.05, 0.1) is 12.7 Å². The molecule has 1 aliphatic heterocycles. The molecule has 2 atom stereocenters. The second-order valence-electron chi connectivity index (χ2n) is 5.34. The number of hydrogen-bond acceptors (Lipinski definition) is 4. The van der Waals surface area contributed by atoms with Crippen molar-refractivity contribution in [2.24, 2.45) is 5.92 Å². The van der Waals surface area contributed by atoms with Gasteiger partial charge in [-0.25, -0.2) is 4.98 Å². The molecular weight excluding hydrogens is 256 g/mol. The van der Waals surface area contributed by atoms with Gasteiger partial charge in [0, 0.05) is 12.8 Å². The summed E-state index contributed by atoms with van der Waals surface area (Å²) in [6, 6.07) is 5.40. The standard InChI is InChI=1S/C15H22N2O3/c1-11(2)14(20-10-12-6-5-9-19-12)15(18)17-13-7-3-4-8-16-13/h3-4,7-8,11-12,14H,5-6,9-10H2,1-2H3,(H,16,17,18)/t12-,14-/m1/s1. The molecule has 1 amide bonds. The summed E-state index contributed by atoms with van der Waals surface area (Å²) in [6.07, 6.45) is 3.36. The zero-order valence-electron chi connectivity index (χ0n) is 12.0. The van der Waals surface area contributed by atoms with Gasteiger partial charge in [-0.2, -0.15) is 0 Å². The maximum atomic E-state index is 12.2. The molecule has 2 rings (SSSR count). The Morgan fingerprint density at radius 2 is 2.40 bits per heavy atom. The minimum Gasteiger partial charge on any atom is -0.376 e. The van der Waals surface area contributed by atoms with E-state index in [1.807, 2.05) is 26.0 Å². The van der Waals surface area contributed by atoms with Crippen molar-refractivity contribution >= 4 is 11.7 Å². The molecule has 0 aromatic carbocycles. The van der Waals surface area contributed by atoms with Crippen LogP contribution >= 0.6 is 0 Å². The van der Waals surface area contributed by atoms with Crippen LogP contribution in [0.25, 0.3) is 0 Å². The van der Waals surface area contributed by atoms with Crippen LogP contribution in [0, 0.1) is 5.92 Å². The first-order chi connectivity index (χ1) is 9.66. The quantitative estimate of drug-likeness (QED) is 0.867. The fourth-order valence-electron chi connectivity index (χ4n) is 2.19. The number of ether oxygens (including phenoxy) is 2. The summed E-state index contributed by atoms with van der Waals surface area (Å²) in [4.78, 5) is 16.3. The number of hydrogen-bond donors (Lipinski definition) is 1. The first-order valence-electron chi connectivity index (χ1n) is 7.12. The fraction of sp³-hybridized carbons (Fsp3) is 0.600. The van der Waals surface area contributed by atoms with E-state index in [-0.39, 0.29) is 17.9 Å². The highest BCUT2D eigenvalue weighted by Crippen LogP contribution is 2.16. The molecule has 1 saturated heterocycles. The number of aromatic nitrogens is 1. The minimum absolute atomic E-state index is 0.0973. The zero-order valence-corrected chi connectivity index (χ0v) is 12.0. The highest BCUT2D eigenvalue weighted by molar-refractivity contribution is 5.93. The number of nitrogens with one attached hydrogen (secondary N) is 1. The van der Waals surface area contributed by atoms with Crippen LogP contribution in [0.3, 0.4) is 0 Å². The lowest BCUT2D eigenvalue weighted by Crippen LogP contribution is -2.37. The van der Waals surface area contributed by atoms with Crippen molar-refractivity contribution in [3.8, 4) is 0 Å². The van der Waals surface area contributed by atoms with Crippen molar-refractivity contribution in [1.29, 1.82) is 0 Å². The first-order valence-corrected chi connectivity index (χ1v) is 7.12. The lowest BCUT2D eigenvalue weighted by Gasteiger charge is -2.22. The maximum Gasteiger partial charge on any atom is 0.254 e. The SMILES string of the molecule is CC(C)[C@@H](OC[C@H]1CCCO1)C(=O)Nc1ccccn1. The van der Waals surface area contributed by atoms with Crippen LogP contribution in [0.15, 0.2) is 24.4 Å². The van der Waals surface area contributed by atoms with Crippen molar-refractivity contribution < 1.29 is 14.3 Å². The molecule has 2 heterocycles. The summed E-state index contributed by atoms with van der Waals surface area (Å²) in [5.74, 6) is 0.487. The molecule has 1 aliphatic rings. The largest absolute Gasteiger partial charge is 0.376 e. The van der Waals surface area contributed by atoms with E-state index in [4.69, 9.17) is 9.47 Å². The van der Waals surface area contributed by atoms with Gasteiger partial charge in [-0.1, -0.05) is 19.9 Å². The summed E-state index contributed by atoms with van der Waals surface area (Å²) in [7, 11) is 0. The van der Waals surface area contributed by atoms with E-state index < -0.39 is 6.10 Å². The van der Waals surface area contributed by atoms with E-state index in [1.54, 1.807) is 12.3 Å². The number of pyridine rings is 1. The molecule has 1 fully saturated rings. The van der Waals surface area contributed by atoms with E-state index in [2.05, 4.69) is 10.3 Å². The van der Waals surface area contributed by atoms with Crippen molar-refractivity contribution in [3.05, 3.63) is 24.4 Å². The topological polar surface area (TPSA) is 60.5 Å². The van der Waals surface area contributed by atoms with E-state index in [0.29, 0.717) is 12.4 Å². The number of nitrogens with zero attached hydrogens (tertiary/aromatic N) is 1. The molecular formula is C15H22N2O3. The molecule has 0 unspecified atom stereocenters. The Morgan fingerprint density at radius 1 is 1.55 bits per heavy atom. The molecule has 0 bridgehead atoms. The van der Waals surface area contributed by atoms with Crippen molar-refractivity contribution in [3.63, 3.8) is 0 Å². The number of carbonyl (C=O) groups is 1. The summed E-state index contributed by atoms with van der Waals surface area (Å²) in [5.41, 5.74) is 0. The Bertz CT molecular complexity index is 416. The summed E-state index contributed by atoms with van der Waals surface area (Å²) in [6.45, 7) is 5.20. The third-order valence-corrected chi connectivity index (χ3v) is 3.27. The molecule has 0 aliphatic carbocycles. The second-order valence-corrected chi connectivity index (χ2v) is 5.34. The highest BCUT2D eigenvalue weighted by atomic mass is 16.5. The van der Waals surface area contributed by atoms with Crippen LogP contribution in [0.2, 0.25) is 0 Å². The lowest BCUT2D eigenvalue weighted by molar-refractivity contribution is -0.132. The predicted molar refractivity (Wildman–Crippen MR) is 76.4 cm³/mol. The molecule has 110 valence electrons. The van der Waals surface area contributed by atoms with Gasteiger partial charge in [-0.05, 0) is 30.9 Å². The van der Waals surface area contributed by atoms with E-state index >= 15 is 0 Å². The third-order valence-electron chi connectivity index (χ3n) is 3.27. The monoisotopic (exact) mass is 278 g/mol. The Labute approximate surface area is 119 Å². The van der Waals surface area contributed by atoms with Gasteiger partial charge >= 0.3 is 0 Å². The van der Waals surface area contributed by atoms with Crippen molar-refractivity contribution in [2.45, 2.75) is 38.9 Å². The van der Waals surface area contributed by atoms with Crippen LogP contribution < -0.4 is 5.32 Å².